The number of alkyl carbamates (subject to hydrolysis) is 1. The molecule has 0 atom stereocenters. The first-order valence-electron chi connectivity index (χ1n) is 6.35. The zero-order valence-electron chi connectivity index (χ0n) is 11.9. The second kappa shape index (κ2) is 7.05. The van der Waals surface area contributed by atoms with Gasteiger partial charge in [-0.25, -0.2) is 9.18 Å². The highest BCUT2D eigenvalue weighted by Crippen LogP contribution is 2.14. The van der Waals surface area contributed by atoms with E-state index in [9.17, 15) is 9.18 Å². The van der Waals surface area contributed by atoms with Crippen molar-refractivity contribution in [3.05, 3.63) is 41.2 Å². The first-order valence-corrected chi connectivity index (χ1v) is 6.35. The van der Waals surface area contributed by atoms with Gasteiger partial charge < -0.3 is 15.2 Å². The summed E-state index contributed by atoms with van der Waals surface area (Å²) in [5, 5.41) is 11.5. The van der Waals surface area contributed by atoms with Crippen molar-refractivity contribution in [1.29, 1.82) is 0 Å². The summed E-state index contributed by atoms with van der Waals surface area (Å²) < 4.78 is 18.8. The van der Waals surface area contributed by atoms with Crippen molar-refractivity contribution in [2.45, 2.75) is 33.0 Å². The van der Waals surface area contributed by atoms with E-state index in [0.717, 1.165) is 0 Å². The molecule has 0 spiro atoms. The van der Waals surface area contributed by atoms with Gasteiger partial charge in [0.2, 0.25) is 0 Å². The average molecular weight is 281 g/mol. The second-order valence-electron chi connectivity index (χ2n) is 5.26. The molecule has 0 heterocycles. The van der Waals surface area contributed by atoms with Crippen molar-refractivity contribution < 1.29 is 19.0 Å². The number of carbonyl (C=O) groups is 1. The van der Waals surface area contributed by atoms with Gasteiger partial charge in [-0.05, 0) is 20.8 Å². The summed E-state index contributed by atoms with van der Waals surface area (Å²) in [7, 11) is 0. The zero-order valence-corrected chi connectivity index (χ0v) is 11.9. The Kier molecular flexibility index (Phi) is 5.70. The lowest BCUT2D eigenvalue weighted by molar-refractivity contribution is 0.0534. The van der Waals surface area contributed by atoms with Gasteiger partial charge >= 0.3 is 6.09 Å². The largest absolute Gasteiger partial charge is 0.444 e. The standard InChI is InChI=1S/C15H20FNO3/c1-15(2,3)20-14(19)17-9-5-8-11-6-4-7-12(10-18)13(11)16/h4-8,18H,9-10H2,1-3H3,(H,17,19). The van der Waals surface area contributed by atoms with Crippen molar-refractivity contribution in [3.8, 4) is 0 Å². The highest BCUT2D eigenvalue weighted by molar-refractivity contribution is 5.68. The summed E-state index contributed by atoms with van der Waals surface area (Å²) in [6.45, 7) is 5.22. The Hall–Kier alpha value is -1.88. The Morgan fingerprint density at radius 1 is 1.45 bits per heavy atom. The SMILES string of the molecule is CC(C)(C)OC(=O)NCC=Cc1cccc(CO)c1F. The molecule has 0 saturated carbocycles. The van der Waals surface area contributed by atoms with Crippen molar-refractivity contribution in [1.82, 2.24) is 5.32 Å². The molecule has 110 valence electrons. The van der Waals surface area contributed by atoms with Crippen LogP contribution in [0.4, 0.5) is 9.18 Å². The molecule has 0 radical (unpaired) electrons. The molecule has 0 aromatic heterocycles. The van der Waals surface area contributed by atoms with E-state index < -0.39 is 17.5 Å². The van der Waals surface area contributed by atoms with E-state index in [1.807, 2.05) is 0 Å². The number of aliphatic hydroxyl groups excluding tert-OH is 1. The molecule has 1 rings (SSSR count). The quantitative estimate of drug-likeness (QED) is 0.892. The highest BCUT2D eigenvalue weighted by Gasteiger charge is 2.15. The average Bonchev–Trinajstić information content (AvgIpc) is 2.34. The van der Waals surface area contributed by atoms with Crippen LogP contribution >= 0.6 is 0 Å². The fraction of sp³-hybridized carbons (Fsp3) is 0.400. The third-order valence-corrected chi connectivity index (χ3v) is 2.34. The van der Waals surface area contributed by atoms with E-state index in [4.69, 9.17) is 9.84 Å². The first kappa shape index (κ1) is 16.2. The van der Waals surface area contributed by atoms with Crippen LogP contribution in [0.15, 0.2) is 24.3 Å². The topological polar surface area (TPSA) is 58.6 Å². The van der Waals surface area contributed by atoms with Gasteiger partial charge in [-0.3, -0.25) is 0 Å². The molecule has 4 nitrogen and oxygen atoms in total. The van der Waals surface area contributed by atoms with Crippen LogP contribution in [-0.2, 0) is 11.3 Å². The third-order valence-electron chi connectivity index (χ3n) is 2.34. The number of benzene rings is 1. The molecule has 0 aliphatic carbocycles. The molecule has 0 aliphatic rings. The fourth-order valence-electron chi connectivity index (χ4n) is 1.49. The molecule has 0 unspecified atom stereocenters. The molecule has 0 aliphatic heterocycles. The predicted octanol–water partition coefficient (Wildman–Crippen LogP) is 2.86. The van der Waals surface area contributed by atoms with Gasteiger partial charge in [0, 0.05) is 17.7 Å². The summed E-state index contributed by atoms with van der Waals surface area (Å²) in [5.74, 6) is -0.455. The molecule has 1 aromatic carbocycles. The fourth-order valence-corrected chi connectivity index (χ4v) is 1.49. The minimum absolute atomic E-state index is 0.234. The molecule has 0 bridgehead atoms. The minimum Gasteiger partial charge on any atom is -0.444 e. The van der Waals surface area contributed by atoms with Crippen LogP contribution in [0.1, 0.15) is 31.9 Å². The van der Waals surface area contributed by atoms with Gasteiger partial charge in [-0.1, -0.05) is 30.4 Å². The van der Waals surface area contributed by atoms with Gasteiger partial charge in [-0.2, -0.15) is 0 Å². The van der Waals surface area contributed by atoms with Crippen LogP contribution in [0.3, 0.4) is 0 Å². The molecular weight excluding hydrogens is 261 g/mol. The van der Waals surface area contributed by atoms with E-state index >= 15 is 0 Å². The van der Waals surface area contributed by atoms with E-state index in [1.165, 1.54) is 6.07 Å². The summed E-state index contributed by atoms with van der Waals surface area (Å²) in [5.41, 5.74) is 0.0600. The Morgan fingerprint density at radius 2 is 2.15 bits per heavy atom. The normalized spacial score (nSPS) is 11.7. The van der Waals surface area contributed by atoms with Crippen LogP contribution in [-0.4, -0.2) is 23.3 Å². The number of halogens is 1. The number of rotatable bonds is 4. The smallest absolute Gasteiger partial charge is 0.407 e. The van der Waals surface area contributed by atoms with Crippen LogP contribution in [0.2, 0.25) is 0 Å². The van der Waals surface area contributed by atoms with Gasteiger partial charge in [0.25, 0.3) is 0 Å². The summed E-state index contributed by atoms with van der Waals surface area (Å²) >= 11 is 0. The number of ether oxygens (including phenoxy) is 1. The molecule has 1 aromatic rings. The maximum absolute atomic E-state index is 13.8. The minimum atomic E-state index is -0.546. The van der Waals surface area contributed by atoms with E-state index in [-0.39, 0.29) is 18.7 Å². The van der Waals surface area contributed by atoms with Gasteiger partial charge in [-0.15, -0.1) is 0 Å². The Morgan fingerprint density at radius 3 is 2.75 bits per heavy atom. The van der Waals surface area contributed by atoms with E-state index in [1.54, 1.807) is 45.1 Å². The molecule has 5 heteroatoms. The van der Waals surface area contributed by atoms with Crippen LogP contribution < -0.4 is 5.32 Å². The number of aliphatic hydroxyl groups is 1. The Labute approximate surface area is 118 Å². The van der Waals surface area contributed by atoms with Crippen LogP contribution in [0, 0.1) is 5.82 Å². The van der Waals surface area contributed by atoms with Crippen LogP contribution in [0.25, 0.3) is 6.08 Å². The number of amides is 1. The lowest BCUT2D eigenvalue weighted by Gasteiger charge is -2.19. The van der Waals surface area contributed by atoms with Crippen molar-refractivity contribution >= 4 is 12.2 Å². The first-order chi connectivity index (χ1) is 9.33. The Balaban J connectivity index is 2.52. The predicted molar refractivity (Wildman–Crippen MR) is 75.6 cm³/mol. The maximum atomic E-state index is 13.8. The molecule has 0 fully saturated rings. The van der Waals surface area contributed by atoms with E-state index in [0.29, 0.717) is 5.56 Å². The molecule has 2 N–H and O–H groups in total. The Bertz CT molecular complexity index is 492. The number of hydrogen-bond acceptors (Lipinski definition) is 3. The molecule has 20 heavy (non-hydrogen) atoms. The molecule has 1 amide bonds. The second-order valence-corrected chi connectivity index (χ2v) is 5.26. The van der Waals surface area contributed by atoms with Gasteiger partial charge in [0.1, 0.15) is 11.4 Å². The highest BCUT2D eigenvalue weighted by atomic mass is 19.1. The van der Waals surface area contributed by atoms with Crippen molar-refractivity contribution in [2.24, 2.45) is 0 Å². The van der Waals surface area contributed by atoms with Crippen molar-refractivity contribution in [3.63, 3.8) is 0 Å². The van der Waals surface area contributed by atoms with Crippen molar-refractivity contribution in [2.75, 3.05) is 6.54 Å². The van der Waals surface area contributed by atoms with Gasteiger partial charge in [0.05, 0.1) is 6.61 Å². The molecular formula is C15H20FNO3. The van der Waals surface area contributed by atoms with Crippen LogP contribution in [0.5, 0.6) is 0 Å². The number of carbonyl (C=O) groups excluding carboxylic acids is 1. The number of nitrogens with one attached hydrogen (secondary N) is 1. The number of hydrogen-bond donors (Lipinski definition) is 2. The monoisotopic (exact) mass is 281 g/mol. The van der Waals surface area contributed by atoms with E-state index in [2.05, 4.69) is 5.32 Å². The lowest BCUT2D eigenvalue weighted by atomic mass is 10.1. The zero-order chi connectivity index (χ0) is 15.2. The maximum Gasteiger partial charge on any atom is 0.407 e. The summed E-state index contributed by atoms with van der Waals surface area (Å²) in [4.78, 5) is 11.4. The lowest BCUT2D eigenvalue weighted by Crippen LogP contribution is -2.32. The summed E-state index contributed by atoms with van der Waals surface area (Å²) in [6, 6.07) is 4.78. The molecule has 0 saturated heterocycles. The third kappa shape index (κ3) is 5.40. The summed E-state index contributed by atoms with van der Waals surface area (Å²) in [6.07, 6.45) is 2.64. The van der Waals surface area contributed by atoms with Gasteiger partial charge in [0.15, 0.2) is 0 Å².